The molecule has 0 radical (unpaired) electrons. The maximum atomic E-state index is 12.3. The molecule has 2 aromatic heterocycles. The summed E-state index contributed by atoms with van der Waals surface area (Å²) in [5.74, 6) is 0.960. The lowest BCUT2D eigenvalue weighted by molar-refractivity contribution is -0.116. The fourth-order valence-electron chi connectivity index (χ4n) is 2.79. The number of aromatic nitrogens is 3. The van der Waals surface area contributed by atoms with E-state index in [0.29, 0.717) is 23.6 Å². The molecule has 0 aliphatic carbocycles. The first-order chi connectivity index (χ1) is 13.7. The van der Waals surface area contributed by atoms with Gasteiger partial charge in [-0.3, -0.25) is 9.59 Å². The number of rotatable bonds is 10. The number of carbonyl (C=O) groups excluding carboxylic acids is 2. The van der Waals surface area contributed by atoms with Crippen LogP contribution in [0, 0.1) is 0 Å². The van der Waals surface area contributed by atoms with E-state index in [1.54, 1.807) is 53.3 Å². The summed E-state index contributed by atoms with van der Waals surface area (Å²) in [6.45, 7) is 2.83. The summed E-state index contributed by atoms with van der Waals surface area (Å²) >= 11 is 0. The van der Waals surface area contributed by atoms with E-state index in [1.165, 1.54) is 0 Å². The Hall–Kier alpha value is -3.22. The Balaban J connectivity index is 1.48. The van der Waals surface area contributed by atoms with Crippen molar-refractivity contribution in [2.75, 3.05) is 11.9 Å². The van der Waals surface area contributed by atoms with Gasteiger partial charge in [-0.15, -0.1) is 0 Å². The van der Waals surface area contributed by atoms with Crippen LogP contribution in [0.25, 0.3) is 5.65 Å². The van der Waals surface area contributed by atoms with Crippen LogP contribution < -0.4 is 10.1 Å². The number of nitrogens with zero attached hydrogens (tertiary/aromatic N) is 3. The Morgan fingerprint density at radius 2 is 1.86 bits per heavy atom. The van der Waals surface area contributed by atoms with Crippen molar-refractivity contribution in [3.05, 3.63) is 54.4 Å². The van der Waals surface area contributed by atoms with E-state index in [1.807, 2.05) is 0 Å². The van der Waals surface area contributed by atoms with Crippen LogP contribution in [0.2, 0.25) is 0 Å². The highest BCUT2D eigenvalue weighted by atomic mass is 16.5. The van der Waals surface area contributed by atoms with Crippen LogP contribution in [0.5, 0.6) is 5.75 Å². The molecule has 0 bridgehead atoms. The van der Waals surface area contributed by atoms with E-state index in [0.717, 1.165) is 25.0 Å². The van der Waals surface area contributed by atoms with Crippen molar-refractivity contribution < 1.29 is 14.3 Å². The van der Waals surface area contributed by atoms with Gasteiger partial charge in [0, 0.05) is 30.7 Å². The summed E-state index contributed by atoms with van der Waals surface area (Å²) in [5.41, 5.74) is 1.22. The molecular weight excluding hydrogens is 356 g/mol. The van der Waals surface area contributed by atoms with E-state index >= 15 is 0 Å². The van der Waals surface area contributed by atoms with Gasteiger partial charge in [0.25, 0.3) is 0 Å². The minimum Gasteiger partial charge on any atom is -0.494 e. The lowest BCUT2D eigenvalue weighted by atomic mass is 10.1. The number of fused-ring (bicyclic) bond motifs is 1. The molecule has 7 nitrogen and oxygen atoms in total. The number of amides is 1. The molecule has 0 aliphatic heterocycles. The minimum absolute atomic E-state index is 0.0772. The van der Waals surface area contributed by atoms with Gasteiger partial charge in [-0.25, -0.2) is 4.98 Å². The van der Waals surface area contributed by atoms with Gasteiger partial charge in [0.05, 0.1) is 12.8 Å². The Morgan fingerprint density at radius 3 is 2.64 bits per heavy atom. The van der Waals surface area contributed by atoms with Crippen molar-refractivity contribution in [1.29, 1.82) is 0 Å². The van der Waals surface area contributed by atoms with Gasteiger partial charge < -0.3 is 10.1 Å². The molecule has 1 amide bonds. The Kier molecular flexibility index (Phi) is 6.73. The van der Waals surface area contributed by atoms with Gasteiger partial charge in [0.15, 0.2) is 11.4 Å². The molecule has 0 unspecified atom stereocenters. The lowest BCUT2D eigenvalue weighted by Gasteiger charge is -2.08. The number of anilines is 1. The summed E-state index contributed by atoms with van der Waals surface area (Å²) < 4.78 is 7.19. The van der Waals surface area contributed by atoms with E-state index < -0.39 is 0 Å². The highest BCUT2D eigenvalue weighted by Crippen LogP contribution is 2.15. The highest BCUT2D eigenvalue weighted by Gasteiger charge is 2.11. The number of ketones is 1. The molecule has 0 saturated heterocycles. The van der Waals surface area contributed by atoms with Crippen LogP contribution in [-0.4, -0.2) is 32.9 Å². The predicted molar refractivity (Wildman–Crippen MR) is 107 cm³/mol. The van der Waals surface area contributed by atoms with Crippen molar-refractivity contribution in [2.24, 2.45) is 0 Å². The van der Waals surface area contributed by atoms with Gasteiger partial charge in [-0.05, 0) is 36.8 Å². The zero-order valence-electron chi connectivity index (χ0n) is 15.9. The second kappa shape index (κ2) is 9.64. The van der Waals surface area contributed by atoms with Crippen molar-refractivity contribution in [3.63, 3.8) is 0 Å². The molecule has 1 aromatic carbocycles. The topological polar surface area (TPSA) is 85.6 Å². The number of benzene rings is 1. The second-order valence-corrected chi connectivity index (χ2v) is 6.48. The SMILES string of the molecule is CCCCCOc1ccc(C(=O)CCC(=O)Nc2ccnc3ccnn23)cc1. The molecule has 0 atom stereocenters. The van der Waals surface area contributed by atoms with Crippen LogP contribution in [-0.2, 0) is 4.79 Å². The second-order valence-electron chi connectivity index (χ2n) is 6.48. The van der Waals surface area contributed by atoms with Crippen LogP contribution in [0.4, 0.5) is 5.82 Å². The Bertz CT molecular complexity index is 934. The molecule has 0 saturated carbocycles. The zero-order chi connectivity index (χ0) is 19.8. The van der Waals surface area contributed by atoms with Gasteiger partial charge in [0.2, 0.25) is 5.91 Å². The standard InChI is InChI=1S/C21H24N4O3/c1-2-3-4-15-28-17-7-5-16(6-8-17)18(26)9-10-21(27)24-20-11-13-22-19-12-14-23-25(19)20/h5-8,11-14H,2-4,9-10,15H2,1H3,(H,24,27). The van der Waals surface area contributed by atoms with E-state index in [2.05, 4.69) is 22.3 Å². The van der Waals surface area contributed by atoms with Gasteiger partial charge in [-0.2, -0.15) is 9.61 Å². The van der Waals surface area contributed by atoms with Crippen molar-refractivity contribution in [3.8, 4) is 5.75 Å². The van der Waals surface area contributed by atoms with Gasteiger partial charge in [0.1, 0.15) is 11.6 Å². The number of ether oxygens (including phenoxy) is 1. The molecule has 3 aromatic rings. The molecular formula is C21H24N4O3. The van der Waals surface area contributed by atoms with E-state index in [4.69, 9.17) is 4.74 Å². The number of hydrogen-bond donors (Lipinski definition) is 1. The quantitative estimate of drug-likeness (QED) is 0.426. The maximum absolute atomic E-state index is 12.3. The molecule has 2 heterocycles. The third-order valence-corrected chi connectivity index (χ3v) is 4.33. The molecule has 28 heavy (non-hydrogen) atoms. The minimum atomic E-state index is -0.243. The lowest BCUT2D eigenvalue weighted by Crippen LogP contribution is -2.16. The predicted octanol–water partition coefficient (Wildman–Crippen LogP) is 3.90. The Morgan fingerprint density at radius 1 is 1.04 bits per heavy atom. The van der Waals surface area contributed by atoms with Crippen LogP contribution >= 0.6 is 0 Å². The average Bonchev–Trinajstić information content (AvgIpc) is 3.20. The largest absolute Gasteiger partial charge is 0.494 e. The molecule has 1 N–H and O–H groups in total. The first kappa shape index (κ1) is 19.5. The zero-order valence-corrected chi connectivity index (χ0v) is 15.9. The molecule has 0 fully saturated rings. The molecule has 3 rings (SSSR count). The molecule has 146 valence electrons. The van der Waals surface area contributed by atoms with Crippen LogP contribution in [0.3, 0.4) is 0 Å². The number of nitrogens with one attached hydrogen (secondary N) is 1. The third kappa shape index (κ3) is 5.16. The monoisotopic (exact) mass is 380 g/mol. The fourth-order valence-corrected chi connectivity index (χ4v) is 2.79. The summed E-state index contributed by atoms with van der Waals surface area (Å²) in [4.78, 5) is 28.7. The molecule has 7 heteroatoms. The molecule has 0 aliphatic rings. The fraction of sp³-hybridized carbons (Fsp3) is 0.333. The summed E-state index contributed by atoms with van der Waals surface area (Å²) in [5, 5.41) is 6.88. The summed E-state index contributed by atoms with van der Waals surface area (Å²) in [6.07, 6.45) is 6.76. The molecule has 0 spiro atoms. The summed E-state index contributed by atoms with van der Waals surface area (Å²) in [6, 6.07) is 10.5. The highest BCUT2D eigenvalue weighted by molar-refractivity contribution is 5.99. The normalized spacial score (nSPS) is 10.8. The average molecular weight is 380 g/mol. The summed E-state index contributed by atoms with van der Waals surface area (Å²) in [7, 11) is 0. The maximum Gasteiger partial charge on any atom is 0.225 e. The number of hydrogen-bond acceptors (Lipinski definition) is 5. The number of Topliss-reactive ketones (excluding diaryl/α,β-unsaturated/α-hetero) is 1. The third-order valence-electron chi connectivity index (χ3n) is 4.33. The van der Waals surface area contributed by atoms with E-state index in [-0.39, 0.29) is 24.5 Å². The van der Waals surface area contributed by atoms with Crippen LogP contribution in [0.1, 0.15) is 49.4 Å². The van der Waals surface area contributed by atoms with Crippen molar-refractivity contribution in [1.82, 2.24) is 14.6 Å². The van der Waals surface area contributed by atoms with E-state index in [9.17, 15) is 9.59 Å². The van der Waals surface area contributed by atoms with Gasteiger partial charge >= 0.3 is 0 Å². The number of carbonyl (C=O) groups is 2. The van der Waals surface area contributed by atoms with Crippen LogP contribution in [0.15, 0.2) is 48.8 Å². The van der Waals surface area contributed by atoms with Crippen molar-refractivity contribution >= 4 is 23.2 Å². The smallest absolute Gasteiger partial charge is 0.225 e. The van der Waals surface area contributed by atoms with Crippen molar-refractivity contribution in [2.45, 2.75) is 39.0 Å². The Labute approximate surface area is 163 Å². The van der Waals surface area contributed by atoms with Gasteiger partial charge in [-0.1, -0.05) is 19.8 Å². The number of unbranched alkanes of at least 4 members (excludes halogenated alkanes) is 2. The first-order valence-electron chi connectivity index (χ1n) is 9.52. The first-order valence-corrected chi connectivity index (χ1v) is 9.52.